The first-order chi connectivity index (χ1) is 14.9. The molecule has 0 aliphatic carbocycles. The van der Waals surface area contributed by atoms with E-state index in [1.807, 2.05) is 44.2 Å². The van der Waals surface area contributed by atoms with Gasteiger partial charge in [0.1, 0.15) is 17.7 Å². The fourth-order valence-corrected chi connectivity index (χ4v) is 3.57. The predicted octanol–water partition coefficient (Wildman–Crippen LogP) is 4.61. The van der Waals surface area contributed by atoms with Gasteiger partial charge in [-0.3, -0.25) is 4.79 Å². The molecule has 7 nitrogen and oxygen atoms in total. The van der Waals surface area contributed by atoms with Gasteiger partial charge in [0.15, 0.2) is 17.3 Å². The molecule has 8 heteroatoms. The van der Waals surface area contributed by atoms with Gasteiger partial charge in [0.05, 0.1) is 27.4 Å². The molecule has 0 bridgehead atoms. The van der Waals surface area contributed by atoms with Crippen LogP contribution >= 0.6 is 12.4 Å². The number of halogens is 1. The molecule has 0 fully saturated rings. The number of carbonyl (C=O) groups excluding carboxylic acids is 1. The van der Waals surface area contributed by atoms with Crippen LogP contribution in [0, 0.1) is 6.92 Å². The Hall–Kier alpha value is -3.03. The zero-order valence-electron chi connectivity index (χ0n) is 18.9. The van der Waals surface area contributed by atoms with Crippen molar-refractivity contribution in [3.05, 3.63) is 47.7 Å². The highest BCUT2D eigenvalue weighted by Gasteiger charge is 2.19. The predicted molar refractivity (Wildman–Crippen MR) is 126 cm³/mol. The van der Waals surface area contributed by atoms with E-state index in [1.165, 1.54) is 0 Å². The Kier molecular flexibility index (Phi) is 8.69. The second kappa shape index (κ2) is 11.0. The molecule has 172 valence electrons. The third kappa shape index (κ3) is 5.06. The Balaban J connectivity index is 0.00000363. The molecule has 3 aromatic rings. The maximum Gasteiger partial charge on any atom is 0.163 e. The molecule has 3 rings (SSSR count). The van der Waals surface area contributed by atoms with E-state index in [2.05, 4.69) is 5.16 Å². The third-order valence-corrected chi connectivity index (χ3v) is 5.32. The number of Topliss-reactive ketones (excluding diaryl/α,β-unsaturated/α-hetero) is 1. The molecule has 1 unspecified atom stereocenters. The minimum Gasteiger partial charge on any atom is -0.496 e. The number of carbonyl (C=O) groups is 1. The molecule has 0 radical (unpaired) electrons. The van der Waals surface area contributed by atoms with Gasteiger partial charge in [0.25, 0.3) is 0 Å². The third-order valence-electron chi connectivity index (χ3n) is 5.32. The summed E-state index contributed by atoms with van der Waals surface area (Å²) in [5.74, 6) is 1.90. The fourth-order valence-electron chi connectivity index (χ4n) is 3.57. The van der Waals surface area contributed by atoms with E-state index in [9.17, 15) is 4.79 Å². The summed E-state index contributed by atoms with van der Waals surface area (Å²) in [5, 5.41) is 4.22. The highest BCUT2D eigenvalue weighted by molar-refractivity contribution is 5.87. The van der Waals surface area contributed by atoms with Crippen molar-refractivity contribution in [3.63, 3.8) is 0 Å². The number of aryl methyl sites for hydroxylation is 1. The van der Waals surface area contributed by atoms with Crippen LogP contribution in [0.1, 0.15) is 24.5 Å². The maximum absolute atomic E-state index is 12.4. The lowest BCUT2D eigenvalue weighted by Gasteiger charge is -2.14. The molecule has 0 spiro atoms. The summed E-state index contributed by atoms with van der Waals surface area (Å²) < 4.78 is 21.7. The van der Waals surface area contributed by atoms with E-state index in [1.54, 1.807) is 27.6 Å². The van der Waals surface area contributed by atoms with Gasteiger partial charge in [-0.2, -0.15) is 0 Å². The first kappa shape index (κ1) is 25.2. The van der Waals surface area contributed by atoms with Crippen molar-refractivity contribution in [3.8, 4) is 39.6 Å². The van der Waals surface area contributed by atoms with Crippen LogP contribution in [0.15, 0.2) is 41.1 Å². The van der Waals surface area contributed by atoms with Crippen molar-refractivity contribution < 1.29 is 23.5 Å². The largest absolute Gasteiger partial charge is 0.496 e. The zero-order valence-corrected chi connectivity index (χ0v) is 19.7. The maximum atomic E-state index is 12.4. The monoisotopic (exact) mass is 460 g/mol. The smallest absolute Gasteiger partial charge is 0.163 e. The molecule has 2 aromatic carbocycles. The summed E-state index contributed by atoms with van der Waals surface area (Å²) in [5.41, 5.74) is 10.8. The van der Waals surface area contributed by atoms with Crippen LogP contribution in [0.4, 0.5) is 0 Å². The molecular weight excluding hydrogens is 432 g/mol. The minimum atomic E-state index is -0.491. The van der Waals surface area contributed by atoms with Gasteiger partial charge < -0.3 is 24.5 Å². The summed E-state index contributed by atoms with van der Waals surface area (Å²) >= 11 is 0. The van der Waals surface area contributed by atoms with Crippen molar-refractivity contribution >= 4 is 18.2 Å². The van der Waals surface area contributed by atoms with E-state index in [4.69, 9.17) is 24.5 Å². The number of nitrogens with two attached hydrogens (primary N) is 1. The average molecular weight is 461 g/mol. The Morgan fingerprint density at radius 2 is 1.78 bits per heavy atom. The standard InChI is InChI=1S/C24H28N2O5.ClH/c1-6-19(25)20(27)11-16-10-15(7-8-21(16)28-3)18-13-31-26-23(18)17-9-14(2)24(30-5)22(12-17)29-4;/h7-10,12-13,19H,6,11,25H2,1-5H3;1H. The van der Waals surface area contributed by atoms with Gasteiger partial charge >= 0.3 is 0 Å². The molecule has 1 heterocycles. The van der Waals surface area contributed by atoms with Crippen LogP contribution in [-0.2, 0) is 11.2 Å². The number of benzene rings is 2. The van der Waals surface area contributed by atoms with Crippen LogP contribution in [0.5, 0.6) is 17.2 Å². The number of ether oxygens (including phenoxy) is 3. The van der Waals surface area contributed by atoms with Crippen LogP contribution in [-0.4, -0.2) is 38.3 Å². The molecule has 32 heavy (non-hydrogen) atoms. The SMILES string of the molecule is CCC(N)C(=O)Cc1cc(-c2conc2-c2cc(C)c(OC)c(OC)c2)ccc1OC.Cl. The highest BCUT2D eigenvalue weighted by Crippen LogP contribution is 2.39. The molecule has 2 N–H and O–H groups in total. The number of nitrogens with zero attached hydrogens (tertiary/aromatic N) is 1. The second-order valence-electron chi connectivity index (χ2n) is 7.29. The lowest BCUT2D eigenvalue weighted by atomic mass is 9.95. The first-order valence-electron chi connectivity index (χ1n) is 10.1. The lowest BCUT2D eigenvalue weighted by Crippen LogP contribution is -2.30. The number of hydrogen-bond acceptors (Lipinski definition) is 7. The van der Waals surface area contributed by atoms with E-state index < -0.39 is 6.04 Å². The van der Waals surface area contributed by atoms with Gasteiger partial charge in [-0.05, 0) is 48.7 Å². The van der Waals surface area contributed by atoms with Crippen LogP contribution in [0.3, 0.4) is 0 Å². The van der Waals surface area contributed by atoms with Crippen molar-refractivity contribution in [1.29, 1.82) is 0 Å². The topological polar surface area (TPSA) is 96.8 Å². The summed E-state index contributed by atoms with van der Waals surface area (Å²) in [4.78, 5) is 12.4. The number of methoxy groups -OCH3 is 3. The van der Waals surface area contributed by atoms with Crippen molar-refractivity contribution in [2.75, 3.05) is 21.3 Å². The molecule has 1 aromatic heterocycles. The fraction of sp³-hybridized carbons (Fsp3) is 0.333. The summed E-state index contributed by atoms with van der Waals surface area (Å²) in [6.45, 7) is 3.84. The van der Waals surface area contributed by atoms with E-state index in [0.29, 0.717) is 29.4 Å². The Bertz CT molecular complexity index is 1080. The summed E-state index contributed by atoms with van der Waals surface area (Å²) in [6.07, 6.45) is 2.38. The number of hydrogen-bond donors (Lipinski definition) is 1. The van der Waals surface area contributed by atoms with Crippen LogP contribution in [0.25, 0.3) is 22.4 Å². The van der Waals surface area contributed by atoms with Gasteiger partial charge in [-0.1, -0.05) is 18.1 Å². The molecule has 1 atom stereocenters. The average Bonchev–Trinajstić information content (AvgIpc) is 3.27. The van der Waals surface area contributed by atoms with Crippen molar-refractivity contribution in [2.45, 2.75) is 32.7 Å². The van der Waals surface area contributed by atoms with E-state index in [0.717, 1.165) is 27.8 Å². The first-order valence-corrected chi connectivity index (χ1v) is 10.1. The quantitative estimate of drug-likeness (QED) is 0.497. The Morgan fingerprint density at radius 3 is 2.41 bits per heavy atom. The highest BCUT2D eigenvalue weighted by atomic mass is 35.5. The van der Waals surface area contributed by atoms with Crippen molar-refractivity contribution in [1.82, 2.24) is 5.16 Å². The number of aromatic nitrogens is 1. The lowest BCUT2D eigenvalue weighted by molar-refractivity contribution is -0.119. The molecule has 0 saturated carbocycles. The van der Waals surface area contributed by atoms with Crippen molar-refractivity contribution in [2.24, 2.45) is 5.73 Å². The van der Waals surface area contributed by atoms with Gasteiger partial charge in [0, 0.05) is 23.1 Å². The van der Waals surface area contributed by atoms with Crippen LogP contribution < -0.4 is 19.9 Å². The van der Waals surface area contributed by atoms with Crippen LogP contribution in [0.2, 0.25) is 0 Å². The molecule has 0 aliphatic heterocycles. The molecule has 0 aliphatic rings. The van der Waals surface area contributed by atoms with Gasteiger partial charge in [0.2, 0.25) is 0 Å². The molecule has 0 amide bonds. The normalized spacial score (nSPS) is 11.4. The van der Waals surface area contributed by atoms with Gasteiger partial charge in [-0.25, -0.2) is 0 Å². The molecular formula is C24H29ClN2O5. The minimum absolute atomic E-state index is 0. The van der Waals surface area contributed by atoms with E-state index >= 15 is 0 Å². The summed E-state index contributed by atoms with van der Waals surface area (Å²) in [6, 6.07) is 9.01. The second-order valence-corrected chi connectivity index (χ2v) is 7.29. The summed E-state index contributed by atoms with van der Waals surface area (Å²) in [7, 11) is 4.79. The molecule has 0 saturated heterocycles. The Labute approximate surface area is 194 Å². The Morgan fingerprint density at radius 1 is 1.06 bits per heavy atom. The zero-order chi connectivity index (χ0) is 22.5. The van der Waals surface area contributed by atoms with E-state index in [-0.39, 0.29) is 24.6 Å². The number of rotatable bonds is 9. The number of ketones is 1. The van der Waals surface area contributed by atoms with Gasteiger partial charge in [-0.15, -0.1) is 12.4 Å².